The van der Waals surface area contributed by atoms with Gasteiger partial charge in [0.1, 0.15) is 28.0 Å². The number of pyridine rings is 1. The van der Waals surface area contributed by atoms with Gasteiger partial charge in [-0.15, -0.1) is 0 Å². The molecule has 0 aliphatic rings. The highest BCUT2D eigenvalue weighted by Crippen LogP contribution is 2.18. The maximum Gasteiger partial charge on any atom is 0.144 e. The van der Waals surface area contributed by atoms with Crippen LogP contribution in [0, 0.1) is 0 Å². The van der Waals surface area contributed by atoms with Crippen LogP contribution in [0.1, 0.15) is 32.0 Å². The Labute approximate surface area is 123 Å². The van der Waals surface area contributed by atoms with Crippen molar-refractivity contribution in [1.82, 2.24) is 9.88 Å². The van der Waals surface area contributed by atoms with E-state index in [9.17, 15) is 4.55 Å². The van der Waals surface area contributed by atoms with Crippen molar-refractivity contribution in [2.45, 2.75) is 32.1 Å². The van der Waals surface area contributed by atoms with E-state index in [1.807, 2.05) is 45.8 Å². The lowest BCUT2D eigenvalue weighted by atomic mass is 10.2. The van der Waals surface area contributed by atoms with Crippen LogP contribution in [0.4, 0.5) is 0 Å². The quantitative estimate of drug-likeness (QED) is 0.634. The monoisotopic (exact) mass is 301 g/mol. The number of rotatable bonds is 4. The van der Waals surface area contributed by atoms with E-state index < -0.39 is 11.4 Å². The van der Waals surface area contributed by atoms with Gasteiger partial charge < -0.3 is 9.45 Å². The molecule has 0 fully saturated rings. The number of halogens is 1. The maximum atomic E-state index is 11.8. The van der Waals surface area contributed by atoms with Gasteiger partial charge in [-0.2, -0.15) is 0 Å². The predicted octanol–water partition coefficient (Wildman–Crippen LogP) is 2.68. The lowest BCUT2D eigenvalue weighted by Crippen LogP contribution is -2.25. The molecular weight excluding hydrogens is 282 g/mol. The van der Waals surface area contributed by atoms with E-state index in [1.54, 1.807) is 6.20 Å². The molecule has 1 heterocycles. The van der Waals surface area contributed by atoms with Crippen LogP contribution < -0.4 is 0 Å². The fourth-order valence-electron chi connectivity index (χ4n) is 1.29. The summed E-state index contributed by atoms with van der Waals surface area (Å²) in [6.07, 6.45) is 3.23. The summed E-state index contributed by atoms with van der Waals surface area (Å²) in [6, 6.07) is 1.86. The molecule has 0 spiro atoms. The van der Waals surface area contributed by atoms with Gasteiger partial charge in [0, 0.05) is 12.7 Å². The van der Waals surface area contributed by atoms with E-state index in [2.05, 4.69) is 9.38 Å². The number of aromatic nitrogens is 1. The van der Waals surface area contributed by atoms with Crippen LogP contribution >= 0.6 is 11.6 Å². The van der Waals surface area contributed by atoms with Gasteiger partial charge in [-0.1, -0.05) is 16.0 Å². The molecule has 0 N–H and O–H groups in total. The molecule has 0 aliphatic heterocycles. The van der Waals surface area contributed by atoms with Crippen molar-refractivity contribution in [2.24, 2.45) is 4.40 Å². The van der Waals surface area contributed by atoms with E-state index >= 15 is 0 Å². The first kappa shape index (κ1) is 16.4. The third-order valence-electron chi connectivity index (χ3n) is 2.22. The Kier molecular flexibility index (Phi) is 5.80. The molecule has 0 amide bonds. The van der Waals surface area contributed by atoms with Crippen LogP contribution in [-0.4, -0.2) is 39.5 Å². The van der Waals surface area contributed by atoms with Crippen molar-refractivity contribution in [3.8, 4) is 0 Å². The van der Waals surface area contributed by atoms with Gasteiger partial charge in [0.2, 0.25) is 0 Å². The van der Waals surface area contributed by atoms with Crippen LogP contribution in [0.25, 0.3) is 0 Å². The fraction of sp³-hybridized carbons (Fsp3) is 0.538. The van der Waals surface area contributed by atoms with Gasteiger partial charge in [-0.05, 0) is 46.5 Å². The molecule has 6 heteroatoms. The van der Waals surface area contributed by atoms with Crippen LogP contribution in [-0.2, 0) is 17.9 Å². The third kappa shape index (κ3) is 5.48. The fourth-order valence-corrected chi connectivity index (χ4v) is 2.04. The van der Waals surface area contributed by atoms with Gasteiger partial charge in [0.25, 0.3) is 0 Å². The topological polar surface area (TPSA) is 51.5 Å². The molecule has 4 nitrogen and oxygen atoms in total. The lowest BCUT2D eigenvalue weighted by Gasteiger charge is -2.17. The van der Waals surface area contributed by atoms with E-state index in [0.29, 0.717) is 10.7 Å². The van der Waals surface area contributed by atoms with Crippen molar-refractivity contribution in [3.63, 3.8) is 0 Å². The normalized spacial score (nSPS) is 14.3. The van der Waals surface area contributed by atoms with Gasteiger partial charge >= 0.3 is 0 Å². The molecule has 1 aromatic heterocycles. The van der Waals surface area contributed by atoms with E-state index in [0.717, 1.165) is 12.1 Å². The van der Waals surface area contributed by atoms with Crippen molar-refractivity contribution in [1.29, 1.82) is 0 Å². The summed E-state index contributed by atoms with van der Waals surface area (Å²) < 4.78 is 15.4. The average Bonchev–Trinajstić information content (AvgIpc) is 2.25. The summed E-state index contributed by atoms with van der Waals surface area (Å²) in [5, 5.41) is 0.522. The van der Waals surface area contributed by atoms with Crippen molar-refractivity contribution < 1.29 is 4.55 Å². The van der Waals surface area contributed by atoms with Crippen LogP contribution in [0.3, 0.4) is 0 Å². The highest BCUT2D eigenvalue weighted by molar-refractivity contribution is 7.91. The Hall–Kier alpha value is -0.620. The molecule has 0 unspecified atom stereocenters. The van der Waals surface area contributed by atoms with Gasteiger partial charge in [0.15, 0.2) is 0 Å². The minimum absolute atomic E-state index is 0.381. The van der Waals surface area contributed by atoms with Crippen LogP contribution in [0.2, 0.25) is 5.02 Å². The summed E-state index contributed by atoms with van der Waals surface area (Å²) >= 11 is 4.84. The molecule has 0 radical (unpaired) electrons. The number of nitrogens with zero attached hydrogens (tertiary/aromatic N) is 3. The Morgan fingerprint density at radius 1 is 1.47 bits per heavy atom. The summed E-state index contributed by atoms with van der Waals surface area (Å²) in [5.74, 6) is 0. The standard InChI is InChI=1S/C13H20ClN3OS/c1-13(2,3)19(18)16-8-12-11(14)6-10(7-15-12)9-17(4)5/h6-8H,9H2,1-5H3/b16-8+/t19-/m0/s1. The van der Waals surface area contributed by atoms with Gasteiger partial charge in [-0.3, -0.25) is 4.98 Å². The molecule has 0 saturated carbocycles. The first-order chi connectivity index (χ1) is 8.70. The van der Waals surface area contributed by atoms with Crippen molar-refractivity contribution >= 4 is 29.2 Å². The Bertz CT molecular complexity index is 458. The smallest absolute Gasteiger partial charge is 0.144 e. The Morgan fingerprint density at radius 3 is 2.58 bits per heavy atom. The van der Waals surface area contributed by atoms with Crippen LogP contribution in [0.5, 0.6) is 0 Å². The molecule has 106 valence electrons. The van der Waals surface area contributed by atoms with Gasteiger partial charge in [0.05, 0.1) is 5.02 Å². The highest BCUT2D eigenvalue weighted by Gasteiger charge is 2.25. The average molecular weight is 302 g/mol. The molecular formula is C13H20ClN3OS. The summed E-state index contributed by atoms with van der Waals surface area (Å²) in [5.41, 5.74) is 1.57. The van der Waals surface area contributed by atoms with Crippen molar-refractivity contribution in [3.05, 3.63) is 28.5 Å². The molecule has 1 atom stereocenters. The SMILES string of the molecule is CN(C)Cc1cnc(/C=N/[S@@+]([O-])C(C)(C)C)c(Cl)c1. The largest absolute Gasteiger partial charge is 0.591 e. The zero-order valence-electron chi connectivity index (χ0n) is 12.0. The Morgan fingerprint density at radius 2 is 2.11 bits per heavy atom. The zero-order valence-corrected chi connectivity index (χ0v) is 13.5. The summed E-state index contributed by atoms with van der Waals surface area (Å²) in [7, 11) is 3.96. The van der Waals surface area contributed by atoms with Gasteiger partial charge in [-0.25, -0.2) is 0 Å². The first-order valence-electron chi connectivity index (χ1n) is 5.95. The third-order valence-corrected chi connectivity index (χ3v) is 3.87. The maximum absolute atomic E-state index is 11.8. The second-order valence-electron chi connectivity index (χ2n) is 5.54. The molecule has 0 aromatic carbocycles. The zero-order chi connectivity index (χ0) is 14.6. The number of hydrogen-bond acceptors (Lipinski definition) is 4. The minimum atomic E-state index is -1.30. The summed E-state index contributed by atoms with van der Waals surface area (Å²) in [4.78, 5) is 6.28. The van der Waals surface area contributed by atoms with E-state index in [-0.39, 0.29) is 4.75 Å². The molecule has 0 bridgehead atoms. The molecule has 0 saturated heterocycles. The lowest BCUT2D eigenvalue weighted by molar-refractivity contribution is 0.402. The molecule has 0 aliphatic carbocycles. The van der Waals surface area contributed by atoms with E-state index in [1.165, 1.54) is 6.21 Å². The Balaban J connectivity index is 2.83. The minimum Gasteiger partial charge on any atom is -0.591 e. The van der Waals surface area contributed by atoms with Crippen LogP contribution in [0.15, 0.2) is 16.7 Å². The molecule has 1 rings (SSSR count). The predicted molar refractivity (Wildman–Crippen MR) is 82.1 cm³/mol. The molecule has 19 heavy (non-hydrogen) atoms. The first-order valence-corrected chi connectivity index (χ1v) is 7.44. The highest BCUT2D eigenvalue weighted by atomic mass is 35.5. The van der Waals surface area contributed by atoms with E-state index in [4.69, 9.17) is 11.6 Å². The molecule has 1 aromatic rings. The number of hydrogen-bond donors (Lipinski definition) is 0. The van der Waals surface area contributed by atoms with Crippen molar-refractivity contribution in [2.75, 3.05) is 14.1 Å². The summed E-state index contributed by atoms with van der Waals surface area (Å²) in [6.45, 7) is 6.39. The second-order valence-corrected chi connectivity index (χ2v) is 7.89. The second kappa shape index (κ2) is 6.70.